The highest BCUT2D eigenvalue weighted by atomic mass is 32.2. The second kappa shape index (κ2) is 7.51. The highest BCUT2D eigenvalue weighted by Gasteiger charge is 2.15. The van der Waals surface area contributed by atoms with Crippen molar-refractivity contribution in [3.05, 3.63) is 53.3 Å². The summed E-state index contributed by atoms with van der Waals surface area (Å²) < 4.78 is 38.3. The first-order valence-corrected chi connectivity index (χ1v) is 10.5. The van der Waals surface area contributed by atoms with Crippen molar-refractivity contribution >= 4 is 43.0 Å². The van der Waals surface area contributed by atoms with E-state index in [9.17, 15) is 17.6 Å². The minimum absolute atomic E-state index is 0.0589. The first kappa shape index (κ1) is 18.5. The van der Waals surface area contributed by atoms with Crippen LogP contribution in [0.15, 0.2) is 47.4 Å². The maximum absolute atomic E-state index is 12.9. The van der Waals surface area contributed by atoms with Gasteiger partial charge in [0.25, 0.3) is 0 Å². The molecule has 136 valence electrons. The Morgan fingerprint density at radius 2 is 1.92 bits per heavy atom. The molecule has 26 heavy (non-hydrogen) atoms. The molecule has 8 heteroatoms. The second-order valence-electron chi connectivity index (χ2n) is 5.84. The van der Waals surface area contributed by atoms with Gasteiger partial charge in [0.1, 0.15) is 5.82 Å². The molecular formula is C18H17FN2O3S2. The molecule has 0 aliphatic rings. The number of hydrogen-bond donors (Lipinski definition) is 1. The number of carbonyl (C=O) groups excluding carboxylic acids is 1. The van der Waals surface area contributed by atoms with E-state index in [1.54, 1.807) is 23.5 Å². The molecule has 0 unspecified atom stereocenters. The van der Waals surface area contributed by atoms with Crippen molar-refractivity contribution in [2.45, 2.75) is 24.7 Å². The molecule has 0 saturated carbocycles. The molecule has 0 radical (unpaired) electrons. The minimum atomic E-state index is -3.53. The number of hydrogen-bond acceptors (Lipinski definition) is 5. The average molecular weight is 392 g/mol. The van der Waals surface area contributed by atoms with Crippen LogP contribution in [0, 0.1) is 12.7 Å². The molecule has 1 aromatic heterocycles. The molecule has 0 atom stereocenters. The summed E-state index contributed by atoms with van der Waals surface area (Å²) in [7, 11) is -3.53. The van der Waals surface area contributed by atoms with E-state index in [0.29, 0.717) is 5.69 Å². The van der Waals surface area contributed by atoms with E-state index in [-0.39, 0.29) is 29.4 Å². The van der Waals surface area contributed by atoms with Crippen molar-refractivity contribution in [2.24, 2.45) is 0 Å². The number of amides is 1. The summed E-state index contributed by atoms with van der Waals surface area (Å²) in [6, 6.07) is 10.2. The van der Waals surface area contributed by atoms with Crippen molar-refractivity contribution in [1.82, 2.24) is 4.98 Å². The monoisotopic (exact) mass is 392 g/mol. The highest BCUT2D eigenvalue weighted by molar-refractivity contribution is 7.91. The predicted octanol–water partition coefficient (Wildman–Crippen LogP) is 3.94. The lowest BCUT2D eigenvalue weighted by Gasteiger charge is -2.06. The van der Waals surface area contributed by atoms with Crippen molar-refractivity contribution in [2.75, 3.05) is 11.1 Å². The van der Waals surface area contributed by atoms with E-state index in [1.807, 2.05) is 13.0 Å². The van der Waals surface area contributed by atoms with E-state index < -0.39 is 15.7 Å². The maximum atomic E-state index is 12.9. The molecule has 0 saturated heterocycles. The predicted molar refractivity (Wildman–Crippen MR) is 101 cm³/mol. The summed E-state index contributed by atoms with van der Waals surface area (Å²) in [6.45, 7) is 1.92. The molecule has 3 aromatic rings. The summed E-state index contributed by atoms with van der Waals surface area (Å²) in [5.74, 6) is -0.919. The van der Waals surface area contributed by atoms with Gasteiger partial charge in [-0.15, -0.1) is 11.3 Å². The van der Waals surface area contributed by atoms with Gasteiger partial charge in [0.2, 0.25) is 5.91 Å². The molecule has 0 aliphatic carbocycles. The standard InChI is InChI=1S/C18H17FN2O3S2/c1-12-20-16-11-14(6-9-17(16)25-12)21-18(22)3-2-10-26(23,24)15-7-4-13(19)5-8-15/h4-9,11H,2-3,10H2,1H3,(H,21,22). The van der Waals surface area contributed by atoms with Gasteiger partial charge >= 0.3 is 0 Å². The third-order valence-corrected chi connectivity index (χ3v) is 6.54. The highest BCUT2D eigenvalue weighted by Crippen LogP contribution is 2.24. The first-order valence-electron chi connectivity index (χ1n) is 7.99. The molecule has 1 amide bonds. The van der Waals surface area contributed by atoms with Crippen molar-refractivity contribution in [1.29, 1.82) is 0 Å². The molecule has 3 rings (SSSR count). The topological polar surface area (TPSA) is 76.1 Å². The summed E-state index contributed by atoms with van der Waals surface area (Å²) in [5, 5.41) is 3.71. The van der Waals surface area contributed by atoms with Crippen LogP contribution in [-0.2, 0) is 14.6 Å². The lowest BCUT2D eigenvalue weighted by atomic mass is 10.2. The lowest BCUT2D eigenvalue weighted by Crippen LogP contribution is -2.14. The van der Waals surface area contributed by atoms with Gasteiger partial charge in [-0.1, -0.05) is 0 Å². The number of aromatic nitrogens is 1. The third-order valence-electron chi connectivity index (χ3n) is 3.77. The maximum Gasteiger partial charge on any atom is 0.224 e. The Hall–Kier alpha value is -2.32. The normalized spacial score (nSPS) is 11.6. The molecule has 1 N–H and O–H groups in total. The molecule has 0 fully saturated rings. The Balaban J connectivity index is 1.55. The number of anilines is 1. The molecule has 5 nitrogen and oxygen atoms in total. The van der Waals surface area contributed by atoms with E-state index in [2.05, 4.69) is 10.3 Å². The van der Waals surface area contributed by atoms with Crippen LogP contribution in [0.5, 0.6) is 0 Å². The molecule has 0 bridgehead atoms. The zero-order valence-corrected chi connectivity index (χ0v) is 15.7. The van der Waals surface area contributed by atoms with Crippen LogP contribution < -0.4 is 5.32 Å². The van der Waals surface area contributed by atoms with Crippen LogP contribution in [0.3, 0.4) is 0 Å². The molecule has 0 aliphatic heterocycles. The van der Waals surface area contributed by atoms with Gasteiger partial charge in [-0.3, -0.25) is 4.79 Å². The smallest absolute Gasteiger partial charge is 0.224 e. The zero-order chi connectivity index (χ0) is 18.7. The van der Waals surface area contributed by atoms with Crippen LogP contribution in [0.2, 0.25) is 0 Å². The summed E-state index contributed by atoms with van der Waals surface area (Å²) in [5.41, 5.74) is 1.46. The van der Waals surface area contributed by atoms with Crippen LogP contribution in [0.4, 0.5) is 10.1 Å². The fraction of sp³-hybridized carbons (Fsp3) is 0.222. The Morgan fingerprint density at radius 3 is 2.65 bits per heavy atom. The van der Waals surface area contributed by atoms with E-state index in [4.69, 9.17) is 0 Å². The Kier molecular flexibility index (Phi) is 5.33. The van der Waals surface area contributed by atoms with Crippen LogP contribution >= 0.6 is 11.3 Å². The third kappa shape index (κ3) is 4.44. The second-order valence-corrected chi connectivity index (χ2v) is 9.18. The fourth-order valence-electron chi connectivity index (χ4n) is 2.53. The fourth-order valence-corrected chi connectivity index (χ4v) is 4.64. The van der Waals surface area contributed by atoms with Crippen molar-refractivity contribution in [3.63, 3.8) is 0 Å². The number of nitrogens with one attached hydrogen (secondary N) is 1. The largest absolute Gasteiger partial charge is 0.326 e. The number of thiazole rings is 1. The van der Waals surface area contributed by atoms with Gasteiger partial charge in [0.15, 0.2) is 9.84 Å². The number of rotatable bonds is 6. The van der Waals surface area contributed by atoms with Gasteiger partial charge < -0.3 is 5.32 Å². The molecule has 2 aromatic carbocycles. The van der Waals surface area contributed by atoms with E-state index >= 15 is 0 Å². The van der Waals surface area contributed by atoms with Crippen molar-refractivity contribution < 1.29 is 17.6 Å². The van der Waals surface area contributed by atoms with E-state index in [1.165, 1.54) is 12.1 Å². The van der Waals surface area contributed by atoms with Crippen LogP contribution in [-0.4, -0.2) is 25.1 Å². The molecule has 1 heterocycles. The number of benzene rings is 2. The number of aryl methyl sites for hydroxylation is 1. The Bertz CT molecular complexity index is 1040. The Morgan fingerprint density at radius 1 is 1.19 bits per heavy atom. The lowest BCUT2D eigenvalue weighted by molar-refractivity contribution is -0.116. The number of halogens is 1. The summed E-state index contributed by atoms with van der Waals surface area (Å²) in [6.07, 6.45) is 0.262. The van der Waals surface area contributed by atoms with Gasteiger partial charge in [0, 0.05) is 12.1 Å². The summed E-state index contributed by atoms with van der Waals surface area (Å²) in [4.78, 5) is 16.5. The molecule has 0 spiro atoms. The van der Waals surface area contributed by atoms with Gasteiger partial charge in [0.05, 0.1) is 25.9 Å². The first-order chi connectivity index (χ1) is 12.3. The zero-order valence-electron chi connectivity index (χ0n) is 14.0. The minimum Gasteiger partial charge on any atom is -0.326 e. The SMILES string of the molecule is Cc1nc2cc(NC(=O)CCCS(=O)(=O)c3ccc(F)cc3)ccc2s1. The van der Waals surface area contributed by atoms with Gasteiger partial charge in [-0.05, 0) is 55.8 Å². The van der Waals surface area contributed by atoms with Gasteiger partial charge in [-0.25, -0.2) is 17.8 Å². The van der Waals surface area contributed by atoms with Gasteiger partial charge in [-0.2, -0.15) is 0 Å². The van der Waals surface area contributed by atoms with Crippen molar-refractivity contribution in [3.8, 4) is 0 Å². The number of carbonyl (C=O) groups is 1. The number of sulfone groups is 1. The van der Waals surface area contributed by atoms with Crippen LogP contribution in [0.1, 0.15) is 17.8 Å². The summed E-state index contributed by atoms with van der Waals surface area (Å²) >= 11 is 1.58. The average Bonchev–Trinajstić information content (AvgIpc) is 2.94. The molecular weight excluding hydrogens is 375 g/mol. The Labute approximate surface area is 154 Å². The quantitative estimate of drug-likeness (QED) is 0.645. The van der Waals surface area contributed by atoms with Crippen LogP contribution in [0.25, 0.3) is 10.2 Å². The number of fused-ring (bicyclic) bond motifs is 1. The van der Waals surface area contributed by atoms with E-state index in [0.717, 1.165) is 27.4 Å². The number of nitrogens with zero attached hydrogens (tertiary/aromatic N) is 1.